The number of carboxylic acids is 1. The average molecular weight is 275 g/mol. The minimum absolute atomic E-state index is 0.0753. The van der Waals surface area contributed by atoms with Crippen molar-refractivity contribution in [3.63, 3.8) is 0 Å². The number of rotatable bonds is 4. The Labute approximate surface area is 114 Å². The normalized spacial score (nSPS) is 10.3. The molecule has 2 aromatic rings. The van der Waals surface area contributed by atoms with Crippen molar-refractivity contribution < 1.29 is 19.2 Å². The predicted octanol–water partition coefficient (Wildman–Crippen LogP) is 1.57. The molecule has 0 aliphatic rings. The van der Waals surface area contributed by atoms with Crippen LogP contribution in [-0.4, -0.2) is 27.1 Å². The number of hydrogen-bond acceptors (Lipinski definition) is 5. The average Bonchev–Trinajstić information content (AvgIpc) is 2.71. The highest BCUT2D eigenvalue weighted by Crippen LogP contribution is 2.14. The van der Waals surface area contributed by atoms with Crippen LogP contribution in [0.3, 0.4) is 0 Å². The van der Waals surface area contributed by atoms with Gasteiger partial charge in [-0.3, -0.25) is 4.79 Å². The lowest BCUT2D eigenvalue weighted by Gasteiger charge is -2.04. The molecule has 0 fully saturated rings. The second-order valence-corrected chi connectivity index (χ2v) is 4.26. The monoisotopic (exact) mass is 275 g/mol. The minimum atomic E-state index is -1.11. The number of carbonyl (C=O) groups excluding carboxylic acids is 1. The molecular formula is C13H13N3O4. The van der Waals surface area contributed by atoms with Crippen molar-refractivity contribution in [1.82, 2.24) is 10.1 Å². The number of aromatic carboxylic acids is 1. The predicted molar refractivity (Wildman–Crippen MR) is 69.5 cm³/mol. The van der Waals surface area contributed by atoms with Gasteiger partial charge in [0.2, 0.25) is 5.91 Å². The number of aryl methyl sites for hydroxylation is 2. The molecule has 7 heteroatoms. The molecule has 0 unspecified atom stereocenters. The van der Waals surface area contributed by atoms with E-state index in [1.54, 1.807) is 13.8 Å². The van der Waals surface area contributed by atoms with Gasteiger partial charge in [0.1, 0.15) is 11.5 Å². The van der Waals surface area contributed by atoms with E-state index in [2.05, 4.69) is 15.5 Å². The number of pyridine rings is 1. The summed E-state index contributed by atoms with van der Waals surface area (Å²) < 4.78 is 4.98. The van der Waals surface area contributed by atoms with Crippen LogP contribution in [0.15, 0.2) is 22.9 Å². The van der Waals surface area contributed by atoms with Crippen molar-refractivity contribution in [3.05, 3.63) is 41.0 Å². The maximum absolute atomic E-state index is 11.9. The van der Waals surface area contributed by atoms with Gasteiger partial charge in [0, 0.05) is 5.56 Å². The number of carbonyl (C=O) groups is 2. The summed E-state index contributed by atoms with van der Waals surface area (Å²) in [5.41, 5.74) is 1.79. The molecule has 2 heterocycles. The smallest absolute Gasteiger partial charge is 0.354 e. The molecular weight excluding hydrogens is 262 g/mol. The lowest BCUT2D eigenvalue weighted by Crippen LogP contribution is -2.15. The fourth-order valence-corrected chi connectivity index (χ4v) is 1.71. The van der Waals surface area contributed by atoms with Crippen molar-refractivity contribution in [2.45, 2.75) is 20.3 Å². The third-order valence-corrected chi connectivity index (χ3v) is 2.78. The molecule has 0 atom stereocenters. The summed E-state index contributed by atoms with van der Waals surface area (Å²) in [5.74, 6) is -0.750. The second-order valence-electron chi connectivity index (χ2n) is 4.26. The topological polar surface area (TPSA) is 105 Å². The number of anilines is 1. The Kier molecular flexibility index (Phi) is 3.79. The quantitative estimate of drug-likeness (QED) is 0.877. The number of aromatic nitrogens is 2. The Morgan fingerprint density at radius 3 is 2.60 bits per heavy atom. The molecule has 0 spiro atoms. The second kappa shape index (κ2) is 5.52. The Hall–Kier alpha value is -2.70. The lowest BCUT2D eigenvalue weighted by molar-refractivity contribution is -0.115. The van der Waals surface area contributed by atoms with Gasteiger partial charge in [0.05, 0.1) is 24.0 Å². The molecule has 20 heavy (non-hydrogen) atoms. The highest BCUT2D eigenvalue weighted by molar-refractivity contribution is 5.93. The van der Waals surface area contributed by atoms with Crippen molar-refractivity contribution in [1.29, 1.82) is 0 Å². The molecule has 2 N–H and O–H groups in total. The van der Waals surface area contributed by atoms with Crippen LogP contribution < -0.4 is 5.32 Å². The van der Waals surface area contributed by atoms with Gasteiger partial charge in [0.15, 0.2) is 0 Å². The van der Waals surface area contributed by atoms with Crippen molar-refractivity contribution in [2.24, 2.45) is 0 Å². The van der Waals surface area contributed by atoms with Crippen molar-refractivity contribution in [3.8, 4) is 0 Å². The fraction of sp³-hybridized carbons (Fsp3) is 0.231. The summed E-state index contributed by atoms with van der Waals surface area (Å²) in [5, 5.41) is 15.1. The lowest BCUT2D eigenvalue weighted by atomic mass is 10.1. The van der Waals surface area contributed by atoms with E-state index in [0.29, 0.717) is 17.1 Å². The van der Waals surface area contributed by atoms with Crippen LogP contribution in [0.25, 0.3) is 0 Å². The SMILES string of the molecule is Cc1noc(C)c1CC(=O)Nc1ccc(C(=O)O)nc1. The maximum Gasteiger partial charge on any atom is 0.354 e. The molecule has 0 aromatic carbocycles. The molecule has 2 rings (SSSR count). The van der Waals surface area contributed by atoms with E-state index in [4.69, 9.17) is 9.63 Å². The first kappa shape index (κ1) is 13.7. The number of nitrogens with one attached hydrogen (secondary N) is 1. The molecule has 0 aliphatic heterocycles. The highest BCUT2D eigenvalue weighted by atomic mass is 16.5. The van der Waals surface area contributed by atoms with Crippen LogP contribution in [0.1, 0.15) is 27.5 Å². The molecule has 0 bridgehead atoms. The molecule has 0 aliphatic carbocycles. The Bertz CT molecular complexity index is 627. The molecule has 0 saturated carbocycles. The van der Waals surface area contributed by atoms with Crippen LogP contribution in [0.5, 0.6) is 0 Å². The summed E-state index contributed by atoms with van der Waals surface area (Å²) >= 11 is 0. The van der Waals surface area contributed by atoms with Gasteiger partial charge in [-0.05, 0) is 26.0 Å². The van der Waals surface area contributed by atoms with Gasteiger partial charge in [0.25, 0.3) is 0 Å². The molecule has 0 saturated heterocycles. The first-order valence-corrected chi connectivity index (χ1v) is 5.88. The third-order valence-electron chi connectivity index (χ3n) is 2.78. The molecule has 7 nitrogen and oxygen atoms in total. The minimum Gasteiger partial charge on any atom is -0.477 e. The summed E-state index contributed by atoms with van der Waals surface area (Å²) in [6.07, 6.45) is 1.44. The van der Waals surface area contributed by atoms with Gasteiger partial charge in [-0.25, -0.2) is 9.78 Å². The van der Waals surface area contributed by atoms with Crippen LogP contribution >= 0.6 is 0 Å². The van der Waals surface area contributed by atoms with Gasteiger partial charge in [-0.1, -0.05) is 5.16 Å². The van der Waals surface area contributed by atoms with Crippen LogP contribution in [-0.2, 0) is 11.2 Å². The standard InChI is InChI=1S/C13H13N3O4/c1-7-10(8(2)20-16-7)5-12(17)15-9-3-4-11(13(18)19)14-6-9/h3-4,6H,5H2,1-2H3,(H,15,17)(H,18,19). The Morgan fingerprint density at radius 1 is 1.35 bits per heavy atom. The first-order chi connectivity index (χ1) is 9.47. The van der Waals surface area contributed by atoms with Crippen LogP contribution in [0, 0.1) is 13.8 Å². The molecule has 0 radical (unpaired) electrons. The zero-order chi connectivity index (χ0) is 14.7. The fourth-order valence-electron chi connectivity index (χ4n) is 1.71. The molecule has 2 aromatic heterocycles. The van der Waals surface area contributed by atoms with Gasteiger partial charge in [-0.2, -0.15) is 0 Å². The zero-order valence-corrected chi connectivity index (χ0v) is 11.0. The number of carboxylic acid groups (broad SMARTS) is 1. The van der Waals surface area contributed by atoms with Crippen molar-refractivity contribution in [2.75, 3.05) is 5.32 Å². The summed E-state index contributed by atoms with van der Waals surface area (Å²) in [6, 6.07) is 2.82. The summed E-state index contributed by atoms with van der Waals surface area (Å²) in [7, 11) is 0. The number of nitrogens with zero attached hydrogens (tertiary/aromatic N) is 2. The molecule has 1 amide bonds. The zero-order valence-electron chi connectivity index (χ0n) is 11.0. The van der Waals surface area contributed by atoms with E-state index in [1.165, 1.54) is 18.3 Å². The number of amides is 1. The van der Waals surface area contributed by atoms with E-state index in [0.717, 1.165) is 5.56 Å². The number of hydrogen-bond donors (Lipinski definition) is 2. The summed E-state index contributed by atoms with van der Waals surface area (Å²) in [4.78, 5) is 26.3. The Morgan fingerprint density at radius 2 is 2.10 bits per heavy atom. The van der Waals surface area contributed by atoms with E-state index >= 15 is 0 Å². The summed E-state index contributed by atoms with van der Waals surface area (Å²) in [6.45, 7) is 3.51. The van der Waals surface area contributed by atoms with Gasteiger partial charge in [-0.15, -0.1) is 0 Å². The third kappa shape index (κ3) is 3.00. The highest BCUT2D eigenvalue weighted by Gasteiger charge is 2.13. The largest absolute Gasteiger partial charge is 0.477 e. The van der Waals surface area contributed by atoms with Crippen LogP contribution in [0.4, 0.5) is 5.69 Å². The maximum atomic E-state index is 11.9. The van der Waals surface area contributed by atoms with Gasteiger partial charge < -0.3 is 14.9 Å². The van der Waals surface area contributed by atoms with E-state index < -0.39 is 5.97 Å². The van der Waals surface area contributed by atoms with E-state index in [1.807, 2.05) is 0 Å². The Balaban J connectivity index is 2.03. The van der Waals surface area contributed by atoms with Crippen LogP contribution in [0.2, 0.25) is 0 Å². The first-order valence-electron chi connectivity index (χ1n) is 5.88. The van der Waals surface area contributed by atoms with Gasteiger partial charge >= 0.3 is 5.97 Å². The van der Waals surface area contributed by atoms with E-state index in [-0.39, 0.29) is 18.0 Å². The van der Waals surface area contributed by atoms with E-state index in [9.17, 15) is 9.59 Å². The van der Waals surface area contributed by atoms with Crippen molar-refractivity contribution >= 4 is 17.6 Å². The molecule has 104 valence electrons.